The van der Waals surface area contributed by atoms with E-state index in [0.29, 0.717) is 11.4 Å². The molecule has 0 unspecified atom stereocenters. The minimum Gasteiger partial charge on any atom is -0.309 e. The molecule has 1 aliphatic heterocycles. The third-order valence-electron chi connectivity index (χ3n) is 3.28. The Morgan fingerprint density at radius 2 is 2.00 bits per heavy atom. The van der Waals surface area contributed by atoms with Gasteiger partial charge in [0.15, 0.2) is 9.84 Å². The number of rotatable bonds is 2. The number of nitrogens with zero attached hydrogens (tertiary/aromatic N) is 1. The lowest BCUT2D eigenvalue weighted by Crippen LogP contribution is -2.34. The van der Waals surface area contributed by atoms with Crippen LogP contribution in [-0.4, -0.2) is 27.1 Å². The molecular formula is C15H19NO3S. The molecule has 1 aromatic rings. The highest BCUT2D eigenvalue weighted by molar-refractivity contribution is 7.90. The SMILES string of the molecule is CC(C)=CC(=O)N1CCCc2cc(S(C)(=O)=O)ccc21. The van der Waals surface area contributed by atoms with E-state index in [9.17, 15) is 13.2 Å². The van der Waals surface area contributed by atoms with Crippen LogP contribution in [0.2, 0.25) is 0 Å². The molecule has 0 fully saturated rings. The first-order chi connectivity index (χ1) is 9.29. The number of fused-ring (bicyclic) bond motifs is 1. The molecule has 1 heterocycles. The smallest absolute Gasteiger partial charge is 0.250 e. The minimum atomic E-state index is -3.21. The van der Waals surface area contributed by atoms with Crippen molar-refractivity contribution in [3.63, 3.8) is 0 Å². The first-order valence-corrected chi connectivity index (χ1v) is 8.47. The van der Waals surface area contributed by atoms with Crippen LogP contribution in [0.5, 0.6) is 0 Å². The molecule has 108 valence electrons. The first kappa shape index (κ1) is 14.8. The zero-order valence-corrected chi connectivity index (χ0v) is 12.8. The van der Waals surface area contributed by atoms with E-state index < -0.39 is 9.84 Å². The second-order valence-corrected chi connectivity index (χ2v) is 7.39. The van der Waals surface area contributed by atoms with Gasteiger partial charge in [-0.25, -0.2) is 8.42 Å². The quantitative estimate of drug-likeness (QED) is 0.786. The molecular weight excluding hydrogens is 274 g/mol. The summed E-state index contributed by atoms with van der Waals surface area (Å²) in [7, 11) is -3.21. The van der Waals surface area contributed by atoms with E-state index in [1.54, 1.807) is 29.2 Å². The van der Waals surface area contributed by atoms with Crippen LogP contribution in [0.1, 0.15) is 25.8 Å². The fraction of sp³-hybridized carbons (Fsp3) is 0.400. The van der Waals surface area contributed by atoms with E-state index in [0.717, 1.165) is 29.7 Å². The number of hydrogen-bond acceptors (Lipinski definition) is 3. The number of anilines is 1. The van der Waals surface area contributed by atoms with Gasteiger partial charge in [-0.2, -0.15) is 0 Å². The van der Waals surface area contributed by atoms with Crippen LogP contribution in [0.3, 0.4) is 0 Å². The van der Waals surface area contributed by atoms with Crippen molar-refractivity contribution in [2.45, 2.75) is 31.6 Å². The van der Waals surface area contributed by atoms with Gasteiger partial charge < -0.3 is 4.90 Å². The van der Waals surface area contributed by atoms with Gasteiger partial charge in [-0.3, -0.25) is 4.79 Å². The topological polar surface area (TPSA) is 54.5 Å². The maximum atomic E-state index is 12.2. The maximum Gasteiger partial charge on any atom is 0.250 e. The molecule has 5 heteroatoms. The van der Waals surface area contributed by atoms with Gasteiger partial charge >= 0.3 is 0 Å². The van der Waals surface area contributed by atoms with Crippen molar-refractivity contribution >= 4 is 21.4 Å². The van der Waals surface area contributed by atoms with E-state index in [1.165, 1.54) is 6.26 Å². The van der Waals surface area contributed by atoms with Crippen molar-refractivity contribution in [1.29, 1.82) is 0 Å². The van der Waals surface area contributed by atoms with Crippen molar-refractivity contribution < 1.29 is 13.2 Å². The van der Waals surface area contributed by atoms with Crippen LogP contribution in [0.4, 0.5) is 5.69 Å². The van der Waals surface area contributed by atoms with Gasteiger partial charge in [-0.15, -0.1) is 0 Å². The van der Waals surface area contributed by atoms with Crippen LogP contribution in [0.15, 0.2) is 34.7 Å². The largest absolute Gasteiger partial charge is 0.309 e. The minimum absolute atomic E-state index is 0.0435. The Labute approximate surface area is 120 Å². The summed E-state index contributed by atoms with van der Waals surface area (Å²) >= 11 is 0. The Morgan fingerprint density at radius 3 is 2.60 bits per heavy atom. The Kier molecular flexibility index (Phi) is 3.99. The molecule has 0 atom stereocenters. The third-order valence-corrected chi connectivity index (χ3v) is 4.39. The van der Waals surface area contributed by atoms with Gasteiger partial charge in [-0.05, 0) is 50.5 Å². The molecule has 20 heavy (non-hydrogen) atoms. The van der Waals surface area contributed by atoms with Crippen LogP contribution >= 0.6 is 0 Å². The van der Waals surface area contributed by atoms with E-state index >= 15 is 0 Å². The molecule has 2 rings (SSSR count). The number of carbonyl (C=O) groups excluding carboxylic acids is 1. The first-order valence-electron chi connectivity index (χ1n) is 6.58. The standard InChI is InChI=1S/C15H19NO3S/c1-11(2)9-15(17)16-8-4-5-12-10-13(20(3,18)19)6-7-14(12)16/h6-7,9-10H,4-5,8H2,1-3H3. The highest BCUT2D eigenvalue weighted by Gasteiger charge is 2.22. The summed E-state index contributed by atoms with van der Waals surface area (Å²) in [5.41, 5.74) is 2.70. The summed E-state index contributed by atoms with van der Waals surface area (Å²) in [5, 5.41) is 0. The molecule has 0 saturated heterocycles. The van der Waals surface area contributed by atoms with Crippen LogP contribution in [-0.2, 0) is 21.1 Å². The molecule has 1 aliphatic rings. The van der Waals surface area contributed by atoms with Gasteiger partial charge in [0.05, 0.1) is 4.90 Å². The van der Waals surface area contributed by atoms with Crippen molar-refractivity contribution in [2.24, 2.45) is 0 Å². The van der Waals surface area contributed by atoms with Gasteiger partial charge in [0.2, 0.25) is 0 Å². The Hall–Kier alpha value is -1.62. The van der Waals surface area contributed by atoms with E-state index in [2.05, 4.69) is 0 Å². The highest BCUT2D eigenvalue weighted by Crippen LogP contribution is 2.29. The summed E-state index contributed by atoms with van der Waals surface area (Å²) in [6.45, 7) is 4.44. The number of aryl methyl sites for hydroxylation is 1. The molecule has 0 aliphatic carbocycles. The monoisotopic (exact) mass is 293 g/mol. The van der Waals surface area contributed by atoms with Crippen molar-refractivity contribution in [3.8, 4) is 0 Å². The summed E-state index contributed by atoms with van der Waals surface area (Å²) in [6, 6.07) is 5.00. The molecule has 1 aromatic carbocycles. The molecule has 0 saturated carbocycles. The molecule has 0 aromatic heterocycles. The van der Waals surface area contributed by atoms with Crippen LogP contribution in [0.25, 0.3) is 0 Å². The number of hydrogen-bond donors (Lipinski definition) is 0. The summed E-state index contributed by atoms with van der Waals surface area (Å²) in [5.74, 6) is -0.0435. The van der Waals surface area contributed by atoms with Crippen molar-refractivity contribution in [2.75, 3.05) is 17.7 Å². The van der Waals surface area contributed by atoms with E-state index in [1.807, 2.05) is 13.8 Å². The Balaban J connectivity index is 2.43. The zero-order valence-electron chi connectivity index (χ0n) is 12.0. The third kappa shape index (κ3) is 3.10. The predicted molar refractivity (Wildman–Crippen MR) is 79.7 cm³/mol. The number of amides is 1. The molecule has 0 N–H and O–H groups in total. The number of benzene rings is 1. The second-order valence-electron chi connectivity index (χ2n) is 5.38. The number of sulfone groups is 1. The second kappa shape index (κ2) is 5.40. The van der Waals surface area contributed by atoms with Gasteiger partial charge in [0.25, 0.3) is 5.91 Å². The lowest BCUT2D eigenvalue weighted by molar-refractivity contribution is -0.114. The average molecular weight is 293 g/mol. The van der Waals surface area contributed by atoms with E-state index in [4.69, 9.17) is 0 Å². The lowest BCUT2D eigenvalue weighted by atomic mass is 10.0. The zero-order chi connectivity index (χ0) is 14.9. The molecule has 0 radical (unpaired) electrons. The lowest BCUT2D eigenvalue weighted by Gasteiger charge is -2.29. The molecule has 0 spiro atoms. The highest BCUT2D eigenvalue weighted by atomic mass is 32.2. The van der Waals surface area contributed by atoms with E-state index in [-0.39, 0.29) is 5.91 Å². The van der Waals surface area contributed by atoms with Gasteiger partial charge in [-0.1, -0.05) is 5.57 Å². The maximum absolute atomic E-state index is 12.2. The van der Waals surface area contributed by atoms with Crippen LogP contribution < -0.4 is 4.90 Å². The van der Waals surface area contributed by atoms with Crippen molar-refractivity contribution in [1.82, 2.24) is 0 Å². The summed E-state index contributed by atoms with van der Waals surface area (Å²) in [6.07, 6.45) is 4.46. The fourth-order valence-electron chi connectivity index (χ4n) is 2.36. The Morgan fingerprint density at radius 1 is 1.30 bits per heavy atom. The number of allylic oxidation sites excluding steroid dienone is 1. The summed E-state index contributed by atoms with van der Waals surface area (Å²) < 4.78 is 23.2. The molecule has 4 nitrogen and oxygen atoms in total. The Bertz CT molecular complexity index is 670. The normalized spacial score (nSPS) is 14.7. The van der Waals surface area contributed by atoms with Crippen molar-refractivity contribution in [3.05, 3.63) is 35.4 Å². The molecule has 0 bridgehead atoms. The van der Waals surface area contributed by atoms with Crippen LogP contribution in [0, 0.1) is 0 Å². The van der Waals surface area contributed by atoms with Gasteiger partial charge in [0.1, 0.15) is 0 Å². The predicted octanol–water partition coefficient (Wildman–Crippen LogP) is 2.34. The van der Waals surface area contributed by atoms with Gasteiger partial charge in [0, 0.05) is 24.6 Å². The molecule has 1 amide bonds. The summed E-state index contributed by atoms with van der Waals surface area (Å²) in [4.78, 5) is 14.2. The number of carbonyl (C=O) groups is 1. The fourth-order valence-corrected chi connectivity index (χ4v) is 3.03. The average Bonchev–Trinajstić information content (AvgIpc) is 2.35.